The number of nitrogens with one attached hydrogen (secondary N) is 1. The first-order valence-corrected chi connectivity index (χ1v) is 11.9. The normalized spacial score (nSPS) is 14.2. The molecule has 1 aliphatic carbocycles. The van der Waals surface area contributed by atoms with E-state index in [1.165, 1.54) is 37.6 Å². The van der Waals surface area contributed by atoms with Crippen LogP contribution in [0.5, 0.6) is 0 Å². The van der Waals surface area contributed by atoms with Gasteiger partial charge < -0.3 is 11.1 Å². The van der Waals surface area contributed by atoms with Crippen LogP contribution in [-0.2, 0) is 6.18 Å². The summed E-state index contributed by atoms with van der Waals surface area (Å²) in [5.41, 5.74) is 4.64. The summed E-state index contributed by atoms with van der Waals surface area (Å²) in [4.78, 5) is 23.8. The standard InChI is InChI=1S/C12H9ClF3N3O.C10H14BrN3O/c1-17-9-6-18-19(11(20)10(9)13)8-4-2-3-7(5-8)12(14,15)16;11-9-8(12)6-13-14(10(9)15)7-4-2-1-3-5-7/h2-6,17H,1H3;6-7H,1-5,12H2. The molecule has 1 aliphatic rings. The highest BCUT2D eigenvalue weighted by Gasteiger charge is 2.30. The van der Waals surface area contributed by atoms with Gasteiger partial charge in [0.05, 0.1) is 41.1 Å². The number of rotatable bonds is 3. The monoisotopic (exact) mass is 574 g/mol. The van der Waals surface area contributed by atoms with Gasteiger partial charge in [-0.3, -0.25) is 9.59 Å². The Morgan fingerprint density at radius 2 is 1.80 bits per heavy atom. The number of nitrogens with two attached hydrogens (primary N) is 1. The van der Waals surface area contributed by atoms with Crippen LogP contribution in [-0.4, -0.2) is 26.6 Å². The van der Waals surface area contributed by atoms with E-state index in [-0.39, 0.29) is 22.3 Å². The molecule has 3 N–H and O–H groups in total. The van der Waals surface area contributed by atoms with Gasteiger partial charge in [0.2, 0.25) is 0 Å². The minimum absolute atomic E-state index is 0.00521. The van der Waals surface area contributed by atoms with E-state index in [4.69, 9.17) is 17.3 Å². The van der Waals surface area contributed by atoms with E-state index in [0.29, 0.717) is 15.8 Å². The lowest BCUT2D eigenvalue weighted by atomic mass is 9.96. The molecule has 0 radical (unpaired) electrons. The number of nitrogens with zero attached hydrogens (tertiary/aromatic N) is 4. The first kappa shape index (κ1) is 26.7. The number of benzene rings is 1. The average Bonchev–Trinajstić information content (AvgIpc) is 2.85. The highest BCUT2D eigenvalue weighted by molar-refractivity contribution is 9.10. The Morgan fingerprint density at radius 1 is 1.11 bits per heavy atom. The van der Waals surface area contributed by atoms with Crippen molar-refractivity contribution in [1.82, 2.24) is 19.6 Å². The molecular weight excluding hydrogens is 553 g/mol. The Labute approximate surface area is 212 Å². The Morgan fingerprint density at radius 3 is 2.43 bits per heavy atom. The van der Waals surface area contributed by atoms with Crippen molar-refractivity contribution in [2.45, 2.75) is 44.3 Å². The molecule has 0 amide bonds. The fraction of sp³-hybridized carbons (Fsp3) is 0.364. The molecule has 1 aromatic carbocycles. The van der Waals surface area contributed by atoms with Crippen molar-refractivity contribution >= 4 is 38.9 Å². The second kappa shape index (κ2) is 11.3. The number of halogens is 5. The average molecular weight is 576 g/mol. The summed E-state index contributed by atoms with van der Waals surface area (Å²) in [6.07, 6.45) is 4.04. The van der Waals surface area contributed by atoms with E-state index >= 15 is 0 Å². The van der Waals surface area contributed by atoms with Gasteiger partial charge >= 0.3 is 6.18 Å². The highest BCUT2D eigenvalue weighted by Crippen LogP contribution is 2.30. The summed E-state index contributed by atoms with van der Waals surface area (Å²) in [6, 6.07) is 4.55. The molecule has 4 rings (SSSR count). The molecule has 188 valence electrons. The van der Waals surface area contributed by atoms with Gasteiger partial charge in [0.25, 0.3) is 11.1 Å². The third kappa shape index (κ3) is 6.23. The molecule has 13 heteroatoms. The van der Waals surface area contributed by atoms with E-state index in [1.807, 2.05) is 0 Å². The largest absolute Gasteiger partial charge is 0.416 e. The lowest BCUT2D eigenvalue weighted by Gasteiger charge is -2.22. The van der Waals surface area contributed by atoms with Crippen molar-refractivity contribution in [3.63, 3.8) is 0 Å². The van der Waals surface area contributed by atoms with Crippen LogP contribution in [0.2, 0.25) is 5.02 Å². The molecule has 0 unspecified atom stereocenters. The van der Waals surface area contributed by atoms with Gasteiger partial charge in [0.1, 0.15) is 9.50 Å². The van der Waals surface area contributed by atoms with Crippen LogP contribution in [0.15, 0.2) is 50.7 Å². The van der Waals surface area contributed by atoms with Crippen molar-refractivity contribution in [2.75, 3.05) is 18.1 Å². The van der Waals surface area contributed by atoms with Crippen LogP contribution >= 0.6 is 27.5 Å². The van der Waals surface area contributed by atoms with Crippen LogP contribution in [0.3, 0.4) is 0 Å². The number of aromatic nitrogens is 4. The highest BCUT2D eigenvalue weighted by atomic mass is 79.9. The summed E-state index contributed by atoms with van der Waals surface area (Å²) in [5, 5.41) is 10.4. The van der Waals surface area contributed by atoms with E-state index in [9.17, 15) is 22.8 Å². The molecule has 0 spiro atoms. The minimum atomic E-state index is -4.49. The second-order valence-electron chi connectivity index (χ2n) is 7.84. The lowest BCUT2D eigenvalue weighted by molar-refractivity contribution is -0.137. The Bertz CT molecular complexity index is 1310. The predicted octanol–water partition coefficient (Wildman–Crippen LogP) is 5.04. The first-order chi connectivity index (χ1) is 16.5. The molecule has 0 saturated heterocycles. The van der Waals surface area contributed by atoms with Crippen LogP contribution in [0.1, 0.15) is 43.7 Å². The van der Waals surface area contributed by atoms with Crippen molar-refractivity contribution < 1.29 is 13.2 Å². The Hall–Kier alpha value is -2.86. The van der Waals surface area contributed by atoms with Crippen LogP contribution < -0.4 is 22.2 Å². The fourth-order valence-electron chi connectivity index (χ4n) is 3.65. The van der Waals surface area contributed by atoms with Crippen LogP contribution in [0, 0.1) is 0 Å². The molecule has 1 saturated carbocycles. The maximum atomic E-state index is 12.6. The zero-order valence-electron chi connectivity index (χ0n) is 18.6. The van der Waals surface area contributed by atoms with Crippen molar-refractivity contribution in [3.05, 3.63) is 72.4 Å². The molecule has 2 aromatic heterocycles. The SMILES string of the molecule is CNc1cnn(-c2cccc(C(F)(F)F)c2)c(=O)c1Cl.Nc1cnn(C2CCCCC2)c(=O)c1Br. The van der Waals surface area contributed by atoms with Crippen molar-refractivity contribution in [1.29, 1.82) is 0 Å². The molecule has 0 bridgehead atoms. The van der Waals surface area contributed by atoms with E-state index in [0.717, 1.165) is 29.7 Å². The molecule has 1 fully saturated rings. The molecule has 8 nitrogen and oxygen atoms in total. The van der Waals surface area contributed by atoms with Gasteiger partial charge in [-0.25, -0.2) is 4.68 Å². The quantitative estimate of drug-likeness (QED) is 0.453. The maximum Gasteiger partial charge on any atom is 0.416 e. The lowest BCUT2D eigenvalue weighted by Crippen LogP contribution is -2.29. The zero-order valence-corrected chi connectivity index (χ0v) is 21.0. The van der Waals surface area contributed by atoms with Gasteiger partial charge in [0.15, 0.2) is 0 Å². The Kier molecular flexibility index (Phi) is 8.60. The van der Waals surface area contributed by atoms with E-state index in [2.05, 4.69) is 31.4 Å². The number of nitrogen functional groups attached to an aromatic ring is 1. The van der Waals surface area contributed by atoms with Crippen LogP contribution in [0.4, 0.5) is 24.5 Å². The number of alkyl halides is 3. The van der Waals surface area contributed by atoms with E-state index in [1.54, 1.807) is 17.9 Å². The predicted molar refractivity (Wildman–Crippen MR) is 132 cm³/mol. The minimum Gasteiger partial charge on any atom is -0.396 e. The third-order valence-corrected chi connectivity index (χ3v) is 6.66. The number of hydrogen-bond donors (Lipinski definition) is 2. The smallest absolute Gasteiger partial charge is 0.396 e. The summed E-state index contributed by atoms with van der Waals surface area (Å²) in [7, 11) is 1.55. The summed E-state index contributed by atoms with van der Waals surface area (Å²) in [5.74, 6) is 0. The summed E-state index contributed by atoms with van der Waals surface area (Å²) >= 11 is 9.02. The number of hydrogen-bond acceptors (Lipinski definition) is 6. The van der Waals surface area contributed by atoms with Gasteiger partial charge in [-0.2, -0.15) is 28.1 Å². The van der Waals surface area contributed by atoms with E-state index < -0.39 is 17.3 Å². The van der Waals surface area contributed by atoms with Gasteiger partial charge in [-0.1, -0.05) is 36.9 Å². The second-order valence-corrected chi connectivity index (χ2v) is 9.01. The summed E-state index contributed by atoms with van der Waals surface area (Å²) in [6.45, 7) is 0. The molecule has 0 atom stereocenters. The number of anilines is 2. The summed E-state index contributed by atoms with van der Waals surface area (Å²) < 4.78 is 40.7. The topological polar surface area (TPSA) is 108 Å². The molecular formula is C22H23BrClF3N6O2. The third-order valence-electron chi connectivity index (χ3n) is 5.50. The van der Waals surface area contributed by atoms with Gasteiger partial charge in [0, 0.05) is 7.05 Å². The van der Waals surface area contributed by atoms with Crippen molar-refractivity contribution in [2.24, 2.45) is 0 Å². The first-order valence-electron chi connectivity index (χ1n) is 10.7. The Balaban J connectivity index is 0.000000203. The fourth-order valence-corrected chi connectivity index (χ4v) is 4.16. The van der Waals surface area contributed by atoms with Gasteiger partial charge in [-0.15, -0.1) is 0 Å². The molecule has 3 aromatic rings. The van der Waals surface area contributed by atoms with Crippen molar-refractivity contribution in [3.8, 4) is 5.69 Å². The van der Waals surface area contributed by atoms with Crippen LogP contribution in [0.25, 0.3) is 5.69 Å². The molecule has 0 aliphatic heterocycles. The molecule has 35 heavy (non-hydrogen) atoms. The molecule has 2 heterocycles. The van der Waals surface area contributed by atoms with Gasteiger partial charge in [-0.05, 0) is 47.0 Å². The maximum absolute atomic E-state index is 12.6. The zero-order chi connectivity index (χ0) is 25.8.